The zero-order chi connectivity index (χ0) is 18.2. The van der Waals surface area contributed by atoms with Gasteiger partial charge in [-0.25, -0.2) is 9.59 Å². The summed E-state index contributed by atoms with van der Waals surface area (Å²) in [7, 11) is 0. The van der Waals surface area contributed by atoms with Gasteiger partial charge in [0.15, 0.2) is 0 Å². The van der Waals surface area contributed by atoms with Gasteiger partial charge >= 0.3 is 12.1 Å². The highest BCUT2D eigenvalue weighted by Gasteiger charge is 2.45. The maximum absolute atomic E-state index is 12.1. The molecule has 0 bridgehead atoms. The number of piperidine rings is 1. The number of carbonyl (C=O) groups excluding carboxylic acids is 1. The molecule has 2 rings (SSSR count). The lowest BCUT2D eigenvalue weighted by Crippen LogP contribution is -2.50. The normalized spacial score (nSPS) is 20.4. The molecule has 1 aliphatic heterocycles. The maximum Gasteiger partial charge on any atom is 0.410 e. The summed E-state index contributed by atoms with van der Waals surface area (Å²) in [4.78, 5) is 30.0. The molecule has 1 aliphatic carbocycles. The molecule has 24 heavy (non-hydrogen) atoms. The van der Waals surface area contributed by atoms with Gasteiger partial charge < -0.3 is 19.6 Å². The van der Waals surface area contributed by atoms with E-state index in [0.717, 1.165) is 31.4 Å². The summed E-state index contributed by atoms with van der Waals surface area (Å²) in [5.41, 5.74) is -0.712. The van der Waals surface area contributed by atoms with Crippen molar-refractivity contribution < 1.29 is 24.3 Å². The molecule has 1 heterocycles. The first kappa shape index (κ1) is 18.5. The van der Waals surface area contributed by atoms with E-state index in [4.69, 9.17) is 14.7 Å². The number of carboxylic acids is 1. The summed E-state index contributed by atoms with van der Waals surface area (Å²) in [6.45, 7) is 9.92. The van der Waals surface area contributed by atoms with Gasteiger partial charge in [-0.05, 0) is 65.7 Å². The lowest BCUT2D eigenvalue weighted by molar-refractivity contribution is -0.161. The van der Waals surface area contributed by atoms with Crippen LogP contribution in [0.25, 0.3) is 0 Å². The first-order chi connectivity index (χ1) is 10.9. The van der Waals surface area contributed by atoms with E-state index in [-0.39, 0.29) is 11.5 Å². The Bertz CT molecular complexity index is 530. The predicted molar refractivity (Wildman–Crippen MR) is 88.9 cm³/mol. The van der Waals surface area contributed by atoms with Crippen LogP contribution in [-0.4, -0.2) is 52.1 Å². The Balaban J connectivity index is 1.80. The van der Waals surface area contributed by atoms with Gasteiger partial charge in [-0.3, -0.25) is 0 Å². The van der Waals surface area contributed by atoms with E-state index in [1.54, 1.807) is 4.90 Å². The zero-order valence-corrected chi connectivity index (χ0v) is 15.2. The Kier molecular flexibility index (Phi) is 4.84. The van der Waals surface area contributed by atoms with Crippen molar-refractivity contribution in [3.63, 3.8) is 0 Å². The number of rotatable bonds is 3. The number of carboxylic acid groups (broad SMARTS) is 1. The fourth-order valence-corrected chi connectivity index (χ4v) is 2.94. The molecule has 2 aliphatic rings. The van der Waals surface area contributed by atoms with E-state index in [9.17, 15) is 9.59 Å². The van der Waals surface area contributed by atoms with Crippen molar-refractivity contribution in [3.05, 3.63) is 0 Å². The number of hydrogen-bond acceptors (Lipinski definition) is 5. The topological polar surface area (TPSA) is 88.4 Å². The molecule has 1 amide bonds. The quantitative estimate of drug-likeness (QED) is 0.798. The van der Waals surface area contributed by atoms with Crippen LogP contribution in [0.3, 0.4) is 0 Å². The van der Waals surface area contributed by atoms with Crippen molar-refractivity contribution in [2.45, 2.75) is 71.5 Å². The minimum atomic E-state index is -1.31. The number of ether oxygens (including phenoxy) is 1. The monoisotopic (exact) mass is 340 g/mol. The Hall–Kier alpha value is -1.79. The predicted octanol–water partition coefficient (Wildman–Crippen LogP) is 3.03. The van der Waals surface area contributed by atoms with Gasteiger partial charge in [-0.1, -0.05) is 5.16 Å². The smallest absolute Gasteiger partial charge is 0.410 e. The molecule has 0 atom stereocenters. The van der Waals surface area contributed by atoms with E-state index in [2.05, 4.69) is 5.16 Å². The fourth-order valence-electron chi connectivity index (χ4n) is 2.94. The second kappa shape index (κ2) is 6.26. The van der Waals surface area contributed by atoms with E-state index in [1.165, 1.54) is 13.8 Å². The molecule has 0 aromatic rings. The minimum Gasteiger partial charge on any atom is -0.478 e. The third-order valence-corrected chi connectivity index (χ3v) is 4.55. The Morgan fingerprint density at radius 1 is 1.12 bits per heavy atom. The van der Waals surface area contributed by atoms with Gasteiger partial charge in [0.2, 0.25) is 5.60 Å². The number of amides is 1. The molecule has 1 saturated carbocycles. The third kappa shape index (κ3) is 4.39. The van der Waals surface area contributed by atoms with E-state index >= 15 is 0 Å². The number of aliphatic carboxylic acids is 1. The number of hydrogen-bond donors (Lipinski definition) is 1. The van der Waals surface area contributed by atoms with Crippen LogP contribution < -0.4 is 0 Å². The van der Waals surface area contributed by atoms with Gasteiger partial charge in [0.05, 0.1) is 5.71 Å². The van der Waals surface area contributed by atoms with Gasteiger partial charge in [-0.2, -0.15) is 0 Å². The number of oxime groups is 1. The van der Waals surface area contributed by atoms with Crippen LogP contribution in [0.1, 0.15) is 60.3 Å². The van der Waals surface area contributed by atoms with Crippen LogP contribution in [0, 0.1) is 5.41 Å². The molecule has 0 radical (unpaired) electrons. The summed E-state index contributed by atoms with van der Waals surface area (Å²) in [5.74, 6) is -1.04. The van der Waals surface area contributed by atoms with Crippen LogP contribution in [0.5, 0.6) is 0 Å². The highest BCUT2D eigenvalue weighted by atomic mass is 16.7. The summed E-state index contributed by atoms with van der Waals surface area (Å²) < 4.78 is 5.40. The summed E-state index contributed by atoms with van der Waals surface area (Å²) >= 11 is 0. The van der Waals surface area contributed by atoms with Crippen molar-refractivity contribution >= 4 is 17.8 Å². The molecule has 7 heteroatoms. The maximum atomic E-state index is 12.1. The van der Waals surface area contributed by atoms with Crippen LogP contribution >= 0.6 is 0 Å². The van der Waals surface area contributed by atoms with Gasteiger partial charge in [0.25, 0.3) is 0 Å². The summed E-state index contributed by atoms with van der Waals surface area (Å²) in [6, 6.07) is 0. The second-order valence-corrected chi connectivity index (χ2v) is 8.39. The van der Waals surface area contributed by atoms with Crippen LogP contribution in [0.15, 0.2) is 5.16 Å². The van der Waals surface area contributed by atoms with Crippen molar-refractivity contribution in [1.29, 1.82) is 0 Å². The molecule has 1 N–H and O–H groups in total. The number of likely N-dealkylation sites (tertiary alicyclic amines) is 1. The van der Waals surface area contributed by atoms with E-state index in [0.29, 0.717) is 13.1 Å². The van der Waals surface area contributed by atoms with Crippen molar-refractivity contribution in [1.82, 2.24) is 4.90 Å². The third-order valence-electron chi connectivity index (χ3n) is 4.55. The highest BCUT2D eigenvalue weighted by Crippen LogP contribution is 2.47. The van der Waals surface area contributed by atoms with Crippen molar-refractivity contribution in [2.24, 2.45) is 10.6 Å². The molecule has 0 aromatic carbocycles. The second-order valence-electron chi connectivity index (χ2n) is 8.39. The fraction of sp³-hybridized carbons (Fsp3) is 0.824. The van der Waals surface area contributed by atoms with Crippen molar-refractivity contribution in [3.8, 4) is 0 Å². The van der Waals surface area contributed by atoms with Gasteiger partial charge in [-0.15, -0.1) is 0 Å². The van der Waals surface area contributed by atoms with Crippen LogP contribution in [0.4, 0.5) is 4.79 Å². The number of carbonyl (C=O) groups is 2. The lowest BCUT2D eigenvalue weighted by Gasteiger charge is -2.48. The molecule has 0 unspecified atom stereocenters. The molecule has 1 spiro atoms. The molecule has 0 aromatic heterocycles. The largest absolute Gasteiger partial charge is 0.478 e. The van der Waals surface area contributed by atoms with Gasteiger partial charge in [0, 0.05) is 13.1 Å². The average molecular weight is 340 g/mol. The van der Waals surface area contributed by atoms with E-state index < -0.39 is 17.2 Å². The molecule has 1 saturated heterocycles. The Labute approximate surface area is 143 Å². The summed E-state index contributed by atoms with van der Waals surface area (Å²) in [6.07, 6.45) is 3.19. The average Bonchev–Trinajstić information content (AvgIpc) is 2.41. The molecular formula is C17H28N2O5. The number of nitrogens with zero attached hydrogens (tertiary/aromatic N) is 2. The van der Waals surface area contributed by atoms with Crippen molar-refractivity contribution in [2.75, 3.05) is 13.1 Å². The Morgan fingerprint density at radius 2 is 1.67 bits per heavy atom. The van der Waals surface area contributed by atoms with Crippen LogP contribution in [0.2, 0.25) is 0 Å². The Morgan fingerprint density at radius 3 is 2.12 bits per heavy atom. The zero-order valence-electron chi connectivity index (χ0n) is 15.2. The first-order valence-corrected chi connectivity index (χ1v) is 8.38. The summed E-state index contributed by atoms with van der Waals surface area (Å²) in [5, 5.41) is 13.0. The first-order valence-electron chi connectivity index (χ1n) is 8.38. The SMILES string of the molecule is CC(C)(C)OC(=O)N1CCC2(CC1)CC(=NOC(C)(C)C(=O)O)C2. The highest BCUT2D eigenvalue weighted by molar-refractivity contribution is 5.91. The lowest BCUT2D eigenvalue weighted by atomic mass is 9.62. The van der Waals surface area contributed by atoms with E-state index in [1.807, 2.05) is 20.8 Å². The van der Waals surface area contributed by atoms with Gasteiger partial charge in [0.1, 0.15) is 5.60 Å². The molecule has 7 nitrogen and oxygen atoms in total. The van der Waals surface area contributed by atoms with Crippen LogP contribution in [-0.2, 0) is 14.4 Å². The molecular weight excluding hydrogens is 312 g/mol. The molecule has 136 valence electrons. The molecule has 2 fully saturated rings. The minimum absolute atomic E-state index is 0.175. The standard InChI is InChI=1S/C17H28N2O5/c1-15(2,3)23-14(22)19-8-6-17(7-9-19)10-12(11-17)18-24-16(4,5)13(20)21/h6-11H2,1-5H3,(H,20,21).